The van der Waals surface area contributed by atoms with Crippen molar-refractivity contribution in [2.75, 3.05) is 6.61 Å². The Kier molecular flexibility index (Phi) is 4.94. The summed E-state index contributed by atoms with van der Waals surface area (Å²) in [4.78, 5) is 23.4. The quantitative estimate of drug-likeness (QED) is 0.813. The Morgan fingerprint density at radius 3 is 2.19 bits per heavy atom. The normalized spacial score (nSPS) is 14.5. The molecule has 0 heterocycles. The summed E-state index contributed by atoms with van der Waals surface area (Å²) in [5.41, 5.74) is 4.43. The van der Waals surface area contributed by atoms with Crippen LogP contribution in [0.2, 0.25) is 0 Å². The number of rotatable bonds is 5. The number of carbonyl (C=O) groups is 2. The number of alkyl carbamates (subject to hydrolysis) is 1. The van der Waals surface area contributed by atoms with E-state index in [-0.39, 0.29) is 12.5 Å². The van der Waals surface area contributed by atoms with Crippen molar-refractivity contribution in [2.24, 2.45) is 5.92 Å². The lowest BCUT2D eigenvalue weighted by Crippen LogP contribution is -2.45. The van der Waals surface area contributed by atoms with Crippen molar-refractivity contribution < 1.29 is 19.4 Å². The molecule has 1 amide bonds. The van der Waals surface area contributed by atoms with Gasteiger partial charge in [0, 0.05) is 11.8 Å². The molecule has 0 aromatic heterocycles. The maximum atomic E-state index is 12.1. The number of terminal acetylenes is 1. The number of carboxylic acid groups (broad SMARTS) is 1. The highest BCUT2D eigenvalue weighted by Gasteiger charge is 2.30. The molecule has 0 saturated heterocycles. The number of carbonyl (C=O) groups excluding carboxylic acids is 1. The first kappa shape index (κ1) is 17.6. The lowest BCUT2D eigenvalue weighted by atomic mass is 9.98. The van der Waals surface area contributed by atoms with E-state index >= 15 is 0 Å². The summed E-state index contributed by atoms with van der Waals surface area (Å²) in [6.45, 7) is 1.68. The Morgan fingerprint density at radius 2 is 1.69 bits per heavy atom. The molecule has 132 valence electrons. The maximum absolute atomic E-state index is 12.1. The van der Waals surface area contributed by atoms with Crippen LogP contribution in [0.3, 0.4) is 0 Å². The molecule has 26 heavy (non-hydrogen) atoms. The second-order valence-electron chi connectivity index (χ2n) is 6.24. The fourth-order valence-electron chi connectivity index (χ4n) is 3.26. The average molecular weight is 349 g/mol. The molecule has 1 aliphatic carbocycles. The van der Waals surface area contributed by atoms with Gasteiger partial charge in [-0.25, -0.2) is 9.59 Å². The lowest BCUT2D eigenvalue weighted by molar-refractivity contribution is -0.140. The van der Waals surface area contributed by atoms with Gasteiger partial charge in [0.15, 0.2) is 0 Å². The van der Waals surface area contributed by atoms with Gasteiger partial charge in [-0.3, -0.25) is 0 Å². The van der Waals surface area contributed by atoms with Crippen LogP contribution >= 0.6 is 0 Å². The fourth-order valence-corrected chi connectivity index (χ4v) is 3.26. The summed E-state index contributed by atoms with van der Waals surface area (Å²) in [6.07, 6.45) is 4.47. The molecule has 0 aliphatic heterocycles. The smallest absolute Gasteiger partial charge is 0.407 e. The number of hydrogen-bond donors (Lipinski definition) is 2. The Labute approximate surface area is 152 Å². The first-order valence-corrected chi connectivity index (χ1v) is 8.33. The van der Waals surface area contributed by atoms with Crippen LogP contribution in [0.1, 0.15) is 24.0 Å². The highest BCUT2D eigenvalue weighted by molar-refractivity contribution is 5.81. The van der Waals surface area contributed by atoms with Gasteiger partial charge in [-0.2, -0.15) is 0 Å². The minimum atomic E-state index is -1.19. The minimum absolute atomic E-state index is 0.0820. The number of hydrogen-bond acceptors (Lipinski definition) is 3. The number of nitrogens with one attached hydrogen (secondary N) is 1. The van der Waals surface area contributed by atoms with E-state index in [0.717, 1.165) is 22.3 Å². The minimum Gasteiger partial charge on any atom is -0.480 e. The van der Waals surface area contributed by atoms with Gasteiger partial charge >= 0.3 is 12.1 Å². The van der Waals surface area contributed by atoms with Crippen LogP contribution in [0.15, 0.2) is 48.5 Å². The summed E-state index contributed by atoms with van der Waals surface area (Å²) >= 11 is 0. The van der Waals surface area contributed by atoms with Crippen LogP contribution in [0, 0.1) is 18.3 Å². The topological polar surface area (TPSA) is 75.6 Å². The molecule has 5 nitrogen and oxygen atoms in total. The van der Waals surface area contributed by atoms with Gasteiger partial charge in [0.2, 0.25) is 0 Å². The third kappa shape index (κ3) is 3.27. The molecule has 2 atom stereocenters. The summed E-state index contributed by atoms with van der Waals surface area (Å²) in [6, 6.07) is 14.8. The monoisotopic (exact) mass is 349 g/mol. The van der Waals surface area contributed by atoms with Crippen LogP contribution in [0.25, 0.3) is 11.1 Å². The Balaban J connectivity index is 1.73. The van der Waals surface area contributed by atoms with Crippen LogP contribution in [0.5, 0.6) is 0 Å². The SMILES string of the molecule is C#C[C@H](C)[C@@H](NC(=O)OCC1c2ccccc2-c2ccccc21)C(=O)O. The lowest BCUT2D eigenvalue weighted by Gasteiger charge is -2.19. The first-order valence-electron chi connectivity index (χ1n) is 8.33. The van der Waals surface area contributed by atoms with Crippen LogP contribution in [-0.4, -0.2) is 29.8 Å². The zero-order chi connectivity index (χ0) is 18.7. The predicted molar refractivity (Wildman–Crippen MR) is 97.6 cm³/mol. The molecule has 3 rings (SSSR count). The molecule has 2 aromatic rings. The van der Waals surface area contributed by atoms with Gasteiger partial charge in [0.1, 0.15) is 12.6 Å². The van der Waals surface area contributed by atoms with Crippen molar-refractivity contribution >= 4 is 12.1 Å². The number of amides is 1. The standard InChI is InChI=1S/C21H19NO4/c1-3-13(2)19(20(23)24)22-21(25)26-12-18-16-10-6-4-8-14(16)15-9-5-7-11-17(15)18/h1,4-11,13,18-19H,12H2,2H3,(H,22,25)(H,23,24)/t13-,19+/m0/s1. The van der Waals surface area contributed by atoms with Crippen LogP contribution in [0.4, 0.5) is 4.79 Å². The van der Waals surface area contributed by atoms with E-state index in [1.54, 1.807) is 6.92 Å². The summed E-state index contributed by atoms with van der Waals surface area (Å²) in [5, 5.41) is 11.5. The van der Waals surface area contributed by atoms with Crippen molar-refractivity contribution in [3.8, 4) is 23.5 Å². The predicted octanol–water partition coefficient (Wildman–Crippen LogP) is 3.25. The molecule has 0 spiro atoms. The maximum Gasteiger partial charge on any atom is 0.407 e. The summed E-state index contributed by atoms with van der Waals surface area (Å²) in [7, 11) is 0. The molecule has 2 N–H and O–H groups in total. The van der Waals surface area contributed by atoms with Gasteiger partial charge in [0.05, 0.1) is 0 Å². The van der Waals surface area contributed by atoms with Gasteiger partial charge in [0.25, 0.3) is 0 Å². The molecule has 0 bridgehead atoms. The number of benzene rings is 2. The molecule has 0 radical (unpaired) electrons. The third-order valence-electron chi connectivity index (χ3n) is 4.65. The molecular formula is C21H19NO4. The van der Waals surface area contributed by atoms with Crippen molar-refractivity contribution in [2.45, 2.75) is 18.9 Å². The van der Waals surface area contributed by atoms with Gasteiger partial charge in [-0.15, -0.1) is 12.3 Å². The Hall–Kier alpha value is -3.26. The van der Waals surface area contributed by atoms with Crippen LogP contribution in [-0.2, 0) is 9.53 Å². The molecule has 0 fully saturated rings. The second-order valence-corrected chi connectivity index (χ2v) is 6.24. The molecule has 0 saturated carbocycles. The zero-order valence-electron chi connectivity index (χ0n) is 14.3. The largest absolute Gasteiger partial charge is 0.480 e. The van der Waals surface area contributed by atoms with Crippen molar-refractivity contribution in [3.63, 3.8) is 0 Å². The van der Waals surface area contributed by atoms with Gasteiger partial charge in [-0.1, -0.05) is 48.5 Å². The van der Waals surface area contributed by atoms with E-state index in [1.165, 1.54) is 0 Å². The highest BCUT2D eigenvalue weighted by atomic mass is 16.5. The van der Waals surface area contributed by atoms with E-state index in [4.69, 9.17) is 11.2 Å². The molecule has 5 heteroatoms. The van der Waals surface area contributed by atoms with Crippen molar-refractivity contribution in [1.82, 2.24) is 5.32 Å². The van der Waals surface area contributed by atoms with E-state index in [9.17, 15) is 14.7 Å². The Bertz CT molecular complexity index is 838. The zero-order valence-corrected chi connectivity index (χ0v) is 14.3. The molecular weight excluding hydrogens is 330 g/mol. The van der Waals surface area contributed by atoms with E-state index < -0.39 is 24.0 Å². The fraction of sp³-hybridized carbons (Fsp3) is 0.238. The first-order chi connectivity index (χ1) is 12.5. The second kappa shape index (κ2) is 7.32. The van der Waals surface area contributed by atoms with Gasteiger partial charge < -0.3 is 15.2 Å². The Morgan fingerprint density at radius 1 is 1.15 bits per heavy atom. The highest BCUT2D eigenvalue weighted by Crippen LogP contribution is 2.44. The average Bonchev–Trinajstić information content (AvgIpc) is 2.97. The number of aliphatic carboxylic acids is 1. The van der Waals surface area contributed by atoms with E-state index in [2.05, 4.69) is 11.2 Å². The van der Waals surface area contributed by atoms with Crippen molar-refractivity contribution in [1.29, 1.82) is 0 Å². The number of ether oxygens (including phenoxy) is 1. The van der Waals surface area contributed by atoms with Gasteiger partial charge in [-0.05, 0) is 29.2 Å². The summed E-state index contributed by atoms with van der Waals surface area (Å²) in [5.74, 6) is 0.406. The summed E-state index contributed by atoms with van der Waals surface area (Å²) < 4.78 is 5.33. The van der Waals surface area contributed by atoms with Crippen LogP contribution < -0.4 is 5.32 Å². The van der Waals surface area contributed by atoms with Crippen molar-refractivity contribution in [3.05, 3.63) is 59.7 Å². The third-order valence-corrected chi connectivity index (χ3v) is 4.65. The number of fused-ring (bicyclic) bond motifs is 3. The molecule has 0 unspecified atom stereocenters. The van der Waals surface area contributed by atoms with E-state index in [1.807, 2.05) is 48.5 Å². The molecule has 2 aromatic carbocycles. The number of carboxylic acids is 1. The molecule has 1 aliphatic rings. The van der Waals surface area contributed by atoms with E-state index in [0.29, 0.717) is 0 Å².